The summed E-state index contributed by atoms with van der Waals surface area (Å²) in [5.74, 6) is -1.30. The van der Waals surface area contributed by atoms with Crippen molar-refractivity contribution in [1.82, 2.24) is 9.88 Å². The summed E-state index contributed by atoms with van der Waals surface area (Å²) in [6.45, 7) is 1.96. The first-order chi connectivity index (χ1) is 9.47. The minimum atomic E-state index is -1.03. The lowest BCUT2D eigenvalue weighted by Gasteiger charge is -2.10. The molecule has 5 nitrogen and oxygen atoms in total. The van der Waals surface area contributed by atoms with Crippen molar-refractivity contribution in [3.8, 4) is 0 Å². The molecule has 1 atom stereocenters. The lowest BCUT2D eigenvalue weighted by atomic mass is 10.2. The molecule has 0 aliphatic heterocycles. The molecule has 0 bridgehead atoms. The van der Waals surface area contributed by atoms with Crippen LogP contribution in [0.1, 0.15) is 13.3 Å². The van der Waals surface area contributed by atoms with E-state index in [1.165, 1.54) is 6.92 Å². The first kappa shape index (κ1) is 14.6. The highest BCUT2D eigenvalue weighted by Crippen LogP contribution is 2.21. The van der Waals surface area contributed by atoms with E-state index < -0.39 is 12.0 Å². The van der Waals surface area contributed by atoms with Gasteiger partial charge in [0, 0.05) is 29.2 Å². The second kappa shape index (κ2) is 6.09. The summed E-state index contributed by atoms with van der Waals surface area (Å²) in [5, 5.41) is 12.3. The van der Waals surface area contributed by atoms with E-state index in [2.05, 4.69) is 21.2 Å². The third kappa shape index (κ3) is 3.39. The highest BCUT2D eigenvalue weighted by atomic mass is 79.9. The molecule has 20 heavy (non-hydrogen) atoms. The first-order valence-electron chi connectivity index (χ1n) is 6.24. The van der Waals surface area contributed by atoms with Gasteiger partial charge >= 0.3 is 5.97 Å². The number of carboxylic acid groups (broad SMARTS) is 1. The second-order valence-corrected chi connectivity index (χ2v) is 5.51. The molecule has 106 valence electrons. The van der Waals surface area contributed by atoms with Gasteiger partial charge < -0.3 is 15.0 Å². The van der Waals surface area contributed by atoms with Crippen molar-refractivity contribution < 1.29 is 14.7 Å². The number of nitrogens with one attached hydrogen (secondary N) is 1. The van der Waals surface area contributed by atoms with Crippen LogP contribution in [0.3, 0.4) is 0 Å². The Morgan fingerprint density at radius 3 is 2.85 bits per heavy atom. The number of hydrogen-bond acceptors (Lipinski definition) is 2. The number of aromatic nitrogens is 1. The zero-order chi connectivity index (χ0) is 14.7. The summed E-state index contributed by atoms with van der Waals surface area (Å²) in [7, 11) is 0. The number of aliphatic carboxylic acids is 1. The number of rotatable bonds is 5. The van der Waals surface area contributed by atoms with Crippen LogP contribution in [0.2, 0.25) is 0 Å². The molecule has 2 rings (SSSR count). The van der Waals surface area contributed by atoms with Crippen LogP contribution in [0.4, 0.5) is 0 Å². The molecule has 1 amide bonds. The molecular formula is C14H15BrN2O3. The van der Waals surface area contributed by atoms with E-state index in [-0.39, 0.29) is 12.3 Å². The number of amides is 1. The van der Waals surface area contributed by atoms with E-state index in [9.17, 15) is 9.59 Å². The van der Waals surface area contributed by atoms with Crippen LogP contribution in [-0.4, -0.2) is 27.6 Å². The van der Waals surface area contributed by atoms with Gasteiger partial charge in [-0.15, -0.1) is 0 Å². The van der Waals surface area contributed by atoms with E-state index in [0.717, 1.165) is 15.4 Å². The number of carbonyl (C=O) groups is 2. The molecule has 6 heteroatoms. The van der Waals surface area contributed by atoms with Crippen LogP contribution in [0.15, 0.2) is 34.9 Å². The molecule has 1 unspecified atom stereocenters. The molecule has 2 N–H and O–H groups in total. The third-order valence-electron chi connectivity index (χ3n) is 3.06. The average Bonchev–Trinajstić information content (AvgIpc) is 2.78. The Bertz CT molecular complexity index is 651. The molecule has 1 aromatic heterocycles. The average molecular weight is 339 g/mol. The number of hydrogen-bond donors (Lipinski definition) is 2. The van der Waals surface area contributed by atoms with Gasteiger partial charge in [0.05, 0.1) is 0 Å². The second-order valence-electron chi connectivity index (χ2n) is 4.59. The van der Waals surface area contributed by atoms with Crippen LogP contribution in [0.5, 0.6) is 0 Å². The molecule has 0 saturated carbocycles. The molecule has 0 spiro atoms. The fourth-order valence-corrected chi connectivity index (χ4v) is 2.30. The fourth-order valence-electron chi connectivity index (χ4n) is 1.95. The summed E-state index contributed by atoms with van der Waals surface area (Å²) in [6, 6.07) is 7.08. The lowest BCUT2D eigenvalue weighted by molar-refractivity contribution is -0.141. The Hall–Kier alpha value is -1.82. The zero-order valence-electron chi connectivity index (χ0n) is 11.0. The lowest BCUT2D eigenvalue weighted by Crippen LogP contribution is -2.38. The molecule has 0 fully saturated rings. The maximum Gasteiger partial charge on any atom is 0.325 e. The Balaban J connectivity index is 2.01. The summed E-state index contributed by atoms with van der Waals surface area (Å²) in [6.07, 6.45) is 2.17. The van der Waals surface area contributed by atoms with Gasteiger partial charge in [-0.05, 0) is 30.5 Å². The predicted molar refractivity (Wildman–Crippen MR) is 79.5 cm³/mol. The van der Waals surface area contributed by atoms with Crippen LogP contribution < -0.4 is 5.32 Å². The smallest absolute Gasteiger partial charge is 0.325 e. The van der Waals surface area contributed by atoms with Crippen molar-refractivity contribution in [3.63, 3.8) is 0 Å². The van der Waals surface area contributed by atoms with E-state index in [1.54, 1.807) is 0 Å². The minimum Gasteiger partial charge on any atom is -0.480 e. The molecule has 2 aromatic rings. The largest absolute Gasteiger partial charge is 0.480 e. The topological polar surface area (TPSA) is 71.3 Å². The SMILES string of the molecule is CC(NC(=O)CCn1ccc2ccc(Br)cc21)C(=O)O. The number of aryl methyl sites for hydroxylation is 1. The number of halogens is 1. The molecule has 1 heterocycles. The summed E-state index contributed by atoms with van der Waals surface area (Å²) in [5.41, 5.74) is 1.04. The zero-order valence-corrected chi connectivity index (χ0v) is 12.6. The molecule has 0 radical (unpaired) electrons. The van der Waals surface area contributed by atoms with Gasteiger partial charge in [-0.25, -0.2) is 0 Å². The van der Waals surface area contributed by atoms with Gasteiger partial charge in [0.2, 0.25) is 5.91 Å². The molecule has 0 saturated heterocycles. The monoisotopic (exact) mass is 338 g/mol. The van der Waals surface area contributed by atoms with Gasteiger partial charge in [0.25, 0.3) is 0 Å². The van der Waals surface area contributed by atoms with Crippen LogP contribution >= 0.6 is 15.9 Å². The van der Waals surface area contributed by atoms with Crippen molar-refractivity contribution >= 4 is 38.7 Å². The van der Waals surface area contributed by atoms with Crippen molar-refractivity contribution in [2.24, 2.45) is 0 Å². The number of carbonyl (C=O) groups excluding carboxylic acids is 1. The maximum absolute atomic E-state index is 11.7. The highest BCUT2D eigenvalue weighted by molar-refractivity contribution is 9.10. The van der Waals surface area contributed by atoms with E-state index >= 15 is 0 Å². The Morgan fingerprint density at radius 1 is 1.40 bits per heavy atom. The summed E-state index contributed by atoms with van der Waals surface area (Å²) >= 11 is 3.42. The number of carboxylic acids is 1. The van der Waals surface area contributed by atoms with Crippen LogP contribution in [0, 0.1) is 0 Å². The van der Waals surface area contributed by atoms with E-state index in [1.807, 2.05) is 35.0 Å². The molecule has 0 aliphatic carbocycles. The number of benzene rings is 1. The Kier molecular flexibility index (Phi) is 4.44. The van der Waals surface area contributed by atoms with Gasteiger partial charge in [0.15, 0.2) is 0 Å². The third-order valence-corrected chi connectivity index (χ3v) is 3.56. The Morgan fingerprint density at radius 2 is 2.15 bits per heavy atom. The van der Waals surface area contributed by atoms with Crippen molar-refractivity contribution in [3.05, 3.63) is 34.9 Å². The van der Waals surface area contributed by atoms with Gasteiger partial charge in [0.1, 0.15) is 6.04 Å². The molecule has 0 aliphatic rings. The number of nitrogens with zero attached hydrogens (tertiary/aromatic N) is 1. The van der Waals surface area contributed by atoms with Gasteiger partial charge in [-0.2, -0.15) is 0 Å². The Labute approximate surface area is 124 Å². The maximum atomic E-state index is 11.7. The molecular weight excluding hydrogens is 324 g/mol. The van der Waals surface area contributed by atoms with Crippen LogP contribution in [-0.2, 0) is 16.1 Å². The summed E-state index contributed by atoms with van der Waals surface area (Å²) in [4.78, 5) is 22.3. The van der Waals surface area contributed by atoms with Gasteiger partial charge in [-0.3, -0.25) is 9.59 Å². The minimum absolute atomic E-state index is 0.244. The van der Waals surface area contributed by atoms with E-state index in [0.29, 0.717) is 6.54 Å². The fraction of sp³-hybridized carbons (Fsp3) is 0.286. The number of fused-ring (bicyclic) bond motifs is 1. The van der Waals surface area contributed by atoms with Crippen molar-refractivity contribution in [1.29, 1.82) is 0 Å². The van der Waals surface area contributed by atoms with E-state index in [4.69, 9.17) is 5.11 Å². The first-order valence-corrected chi connectivity index (χ1v) is 7.03. The van der Waals surface area contributed by atoms with Crippen molar-refractivity contribution in [2.75, 3.05) is 0 Å². The summed E-state index contributed by atoms with van der Waals surface area (Å²) < 4.78 is 2.96. The standard InChI is InChI=1S/C14H15BrN2O3/c1-9(14(19)20)16-13(18)5-7-17-6-4-10-2-3-11(15)8-12(10)17/h2-4,6,8-9H,5,7H2,1H3,(H,16,18)(H,19,20). The van der Waals surface area contributed by atoms with Crippen LogP contribution in [0.25, 0.3) is 10.9 Å². The molecule has 1 aromatic carbocycles. The quantitative estimate of drug-likeness (QED) is 0.879. The van der Waals surface area contributed by atoms with Crippen molar-refractivity contribution in [2.45, 2.75) is 25.9 Å². The highest BCUT2D eigenvalue weighted by Gasteiger charge is 2.13. The normalized spacial score (nSPS) is 12.3. The van der Waals surface area contributed by atoms with Gasteiger partial charge in [-0.1, -0.05) is 22.0 Å². The predicted octanol–water partition coefficient (Wildman–Crippen LogP) is 2.38.